The first kappa shape index (κ1) is 14.3. The van der Waals surface area contributed by atoms with Gasteiger partial charge in [0.2, 0.25) is 11.8 Å². The summed E-state index contributed by atoms with van der Waals surface area (Å²) in [5, 5.41) is 2.46. The van der Waals surface area contributed by atoms with Crippen molar-refractivity contribution >= 4 is 27.7 Å². The van der Waals surface area contributed by atoms with Crippen LogP contribution in [-0.4, -0.2) is 11.8 Å². The first-order valence-corrected chi connectivity index (χ1v) is 7.18. The Morgan fingerprint density at radius 2 is 1.84 bits per heavy atom. The molecular weight excluding hydrogens is 306 g/mol. The van der Waals surface area contributed by atoms with Crippen molar-refractivity contribution in [3.05, 3.63) is 34.3 Å². The van der Waals surface area contributed by atoms with Crippen LogP contribution in [0.15, 0.2) is 28.7 Å². The second kappa shape index (κ2) is 5.08. The maximum Gasteiger partial charge on any atom is 0.234 e. The molecule has 2 rings (SSSR count). The monoisotopic (exact) mass is 323 g/mol. The van der Waals surface area contributed by atoms with Crippen molar-refractivity contribution in [2.45, 2.75) is 33.1 Å². The smallest absolute Gasteiger partial charge is 0.234 e. The zero-order valence-corrected chi connectivity index (χ0v) is 13.0. The van der Waals surface area contributed by atoms with Crippen molar-refractivity contribution in [2.75, 3.05) is 0 Å². The van der Waals surface area contributed by atoms with E-state index in [1.807, 2.05) is 24.3 Å². The quantitative estimate of drug-likeness (QED) is 0.806. The molecule has 3 nitrogen and oxygen atoms in total. The van der Waals surface area contributed by atoms with Gasteiger partial charge in [-0.25, -0.2) is 0 Å². The molecule has 1 heterocycles. The van der Waals surface area contributed by atoms with Crippen LogP contribution in [0.2, 0.25) is 0 Å². The maximum atomic E-state index is 12.3. The minimum atomic E-state index is -0.284. The SMILES string of the molecule is CC(C)(C)C1CC(=O)NC(=O)C1c1ccccc1Br. The highest BCUT2D eigenvalue weighted by Gasteiger charge is 2.43. The lowest BCUT2D eigenvalue weighted by molar-refractivity contribution is -0.138. The van der Waals surface area contributed by atoms with E-state index in [1.54, 1.807) is 0 Å². The Morgan fingerprint density at radius 3 is 2.42 bits per heavy atom. The van der Waals surface area contributed by atoms with Crippen molar-refractivity contribution in [3.8, 4) is 0 Å². The average Bonchev–Trinajstić information content (AvgIpc) is 2.28. The van der Waals surface area contributed by atoms with E-state index in [0.717, 1.165) is 10.0 Å². The summed E-state index contributed by atoms with van der Waals surface area (Å²) in [6, 6.07) is 7.72. The van der Waals surface area contributed by atoms with Crippen molar-refractivity contribution in [2.24, 2.45) is 11.3 Å². The van der Waals surface area contributed by atoms with Crippen LogP contribution in [0.3, 0.4) is 0 Å². The van der Waals surface area contributed by atoms with Crippen LogP contribution in [0.1, 0.15) is 38.7 Å². The average molecular weight is 324 g/mol. The number of carbonyl (C=O) groups is 2. The molecule has 102 valence electrons. The number of imide groups is 1. The second-order valence-electron chi connectivity index (χ2n) is 6.09. The lowest BCUT2D eigenvalue weighted by Gasteiger charge is -2.39. The summed E-state index contributed by atoms with van der Waals surface area (Å²) in [4.78, 5) is 23.9. The number of carbonyl (C=O) groups excluding carboxylic acids is 2. The topological polar surface area (TPSA) is 46.2 Å². The zero-order valence-electron chi connectivity index (χ0n) is 11.4. The minimum Gasteiger partial charge on any atom is -0.296 e. The summed E-state index contributed by atoms with van der Waals surface area (Å²) >= 11 is 3.50. The van der Waals surface area contributed by atoms with Gasteiger partial charge in [-0.3, -0.25) is 14.9 Å². The van der Waals surface area contributed by atoms with E-state index in [4.69, 9.17) is 0 Å². The highest BCUT2D eigenvalue weighted by atomic mass is 79.9. The maximum absolute atomic E-state index is 12.3. The van der Waals surface area contributed by atoms with Gasteiger partial charge in [0.25, 0.3) is 0 Å². The molecule has 1 aliphatic heterocycles. The number of rotatable bonds is 1. The van der Waals surface area contributed by atoms with Crippen LogP contribution in [0, 0.1) is 11.3 Å². The summed E-state index contributed by atoms with van der Waals surface area (Å²) in [6.07, 6.45) is 0.390. The van der Waals surface area contributed by atoms with E-state index in [-0.39, 0.29) is 29.1 Å². The Kier molecular flexibility index (Phi) is 3.81. The molecule has 1 N–H and O–H groups in total. The Labute approximate surface area is 121 Å². The third-order valence-corrected chi connectivity index (χ3v) is 4.43. The number of halogens is 1. The molecule has 1 aromatic rings. The summed E-state index contributed by atoms with van der Waals surface area (Å²) in [7, 11) is 0. The third-order valence-electron chi connectivity index (χ3n) is 3.71. The Hall–Kier alpha value is -1.16. The van der Waals surface area contributed by atoms with Gasteiger partial charge in [0.1, 0.15) is 0 Å². The van der Waals surface area contributed by atoms with Crippen LogP contribution in [0.4, 0.5) is 0 Å². The highest BCUT2D eigenvalue weighted by Crippen LogP contribution is 2.43. The molecule has 1 aliphatic rings. The van der Waals surface area contributed by atoms with Crippen molar-refractivity contribution < 1.29 is 9.59 Å². The molecule has 1 aromatic carbocycles. The van der Waals surface area contributed by atoms with Gasteiger partial charge < -0.3 is 0 Å². The molecule has 4 heteroatoms. The van der Waals surface area contributed by atoms with Crippen molar-refractivity contribution in [1.29, 1.82) is 0 Å². The van der Waals surface area contributed by atoms with Crippen LogP contribution in [0.25, 0.3) is 0 Å². The fourth-order valence-corrected chi connectivity index (χ4v) is 3.19. The van der Waals surface area contributed by atoms with Crippen LogP contribution in [0.5, 0.6) is 0 Å². The third kappa shape index (κ3) is 2.89. The predicted molar refractivity (Wildman–Crippen MR) is 77.6 cm³/mol. The van der Waals surface area contributed by atoms with E-state index in [2.05, 4.69) is 42.0 Å². The van der Waals surface area contributed by atoms with Crippen LogP contribution >= 0.6 is 15.9 Å². The first-order valence-electron chi connectivity index (χ1n) is 6.39. The number of benzene rings is 1. The number of hydrogen-bond donors (Lipinski definition) is 1. The lowest BCUT2D eigenvalue weighted by atomic mass is 9.67. The molecule has 1 fully saturated rings. The molecule has 0 radical (unpaired) electrons. The van der Waals surface area contributed by atoms with E-state index in [1.165, 1.54) is 0 Å². The van der Waals surface area contributed by atoms with Gasteiger partial charge in [-0.15, -0.1) is 0 Å². The van der Waals surface area contributed by atoms with Gasteiger partial charge in [-0.1, -0.05) is 54.9 Å². The molecule has 0 aliphatic carbocycles. The number of nitrogens with one attached hydrogen (secondary N) is 1. The molecule has 0 spiro atoms. The summed E-state index contributed by atoms with van der Waals surface area (Å²) in [5.74, 6) is -0.642. The lowest BCUT2D eigenvalue weighted by Crippen LogP contribution is -2.48. The first-order chi connectivity index (χ1) is 8.80. The molecule has 2 atom stereocenters. The minimum absolute atomic E-state index is 0.00690. The fourth-order valence-electron chi connectivity index (χ4n) is 2.66. The van der Waals surface area contributed by atoms with Crippen LogP contribution in [-0.2, 0) is 9.59 Å². The highest BCUT2D eigenvalue weighted by molar-refractivity contribution is 9.10. The molecule has 19 heavy (non-hydrogen) atoms. The molecule has 2 amide bonds. The fraction of sp³-hybridized carbons (Fsp3) is 0.467. The van der Waals surface area contributed by atoms with E-state index < -0.39 is 0 Å². The summed E-state index contributed by atoms with van der Waals surface area (Å²) < 4.78 is 0.916. The molecular formula is C15H18BrNO2. The molecule has 0 saturated carbocycles. The summed E-state index contributed by atoms with van der Waals surface area (Å²) in [5.41, 5.74) is 0.848. The Bertz CT molecular complexity index is 519. The van der Waals surface area contributed by atoms with Crippen molar-refractivity contribution in [1.82, 2.24) is 5.32 Å². The number of hydrogen-bond acceptors (Lipinski definition) is 2. The number of amides is 2. The molecule has 0 bridgehead atoms. The largest absolute Gasteiger partial charge is 0.296 e. The van der Waals surface area contributed by atoms with Gasteiger partial charge >= 0.3 is 0 Å². The second-order valence-corrected chi connectivity index (χ2v) is 6.94. The van der Waals surface area contributed by atoms with Gasteiger partial charge in [0.15, 0.2) is 0 Å². The molecule has 1 saturated heterocycles. The zero-order chi connectivity index (χ0) is 14.2. The molecule has 0 aromatic heterocycles. The van der Waals surface area contributed by atoms with Gasteiger partial charge in [-0.2, -0.15) is 0 Å². The van der Waals surface area contributed by atoms with Gasteiger partial charge in [0, 0.05) is 10.9 Å². The van der Waals surface area contributed by atoms with E-state index >= 15 is 0 Å². The Morgan fingerprint density at radius 1 is 1.21 bits per heavy atom. The summed E-state index contributed by atoms with van der Waals surface area (Å²) in [6.45, 7) is 6.23. The van der Waals surface area contributed by atoms with Gasteiger partial charge in [-0.05, 0) is 23.0 Å². The van der Waals surface area contributed by atoms with Gasteiger partial charge in [0.05, 0.1) is 5.92 Å². The normalized spacial score (nSPS) is 24.2. The van der Waals surface area contributed by atoms with Crippen LogP contribution < -0.4 is 5.32 Å². The Balaban J connectivity index is 2.47. The number of piperidine rings is 1. The molecule has 2 unspecified atom stereocenters. The van der Waals surface area contributed by atoms with Crippen molar-refractivity contribution in [3.63, 3.8) is 0 Å². The van der Waals surface area contributed by atoms with E-state index in [9.17, 15) is 9.59 Å². The predicted octanol–water partition coefficient (Wildman–Crippen LogP) is 3.24. The standard InChI is InChI=1S/C15H18BrNO2/c1-15(2,3)10-8-12(18)17-14(19)13(10)9-6-4-5-7-11(9)16/h4-7,10,13H,8H2,1-3H3,(H,17,18,19). The van der Waals surface area contributed by atoms with E-state index in [0.29, 0.717) is 6.42 Å².